The second-order valence-electron chi connectivity index (χ2n) is 23.1. The van der Waals surface area contributed by atoms with Crippen molar-refractivity contribution in [3.8, 4) is 0 Å². The molecule has 10 heteroatoms. The fraction of sp³-hybridized carbons (Fsp3) is 0.564. The van der Waals surface area contributed by atoms with E-state index in [9.17, 15) is 19.0 Å². The first-order valence-corrected chi connectivity index (χ1v) is 35.6. The highest BCUT2D eigenvalue weighted by Crippen LogP contribution is 2.38. The molecule has 0 amide bonds. The maximum Gasteiger partial charge on any atom is 0.306 e. The van der Waals surface area contributed by atoms with Gasteiger partial charge in [-0.25, -0.2) is 0 Å². The Hall–Kier alpha value is -5.15. The number of quaternary nitrogens is 1. The lowest BCUT2D eigenvalue weighted by Crippen LogP contribution is -2.37. The summed E-state index contributed by atoms with van der Waals surface area (Å²) in [6, 6.07) is 0. The van der Waals surface area contributed by atoms with Crippen molar-refractivity contribution in [3.05, 3.63) is 194 Å². The Morgan fingerprint density at radius 2 is 0.614 bits per heavy atom. The highest BCUT2D eigenvalue weighted by Gasteiger charge is 2.22. The molecule has 0 saturated carbocycles. The van der Waals surface area contributed by atoms with E-state index >= 15 is 0 Å². The van der Waals surface area contributed by atoms with Crippen LogP contribution >= 0.6 is 7.82 Å². The Morgan fingerprint density at radius 1 is 0.352 bits per heavy atom. The molecule has 0 saturated heterocycles. The second kappa shape index (κ2) is 66.3. The van der Waals surface area contributed by atoms with Crippen molar-refractivity contribution in [2.75, 3.05) is 47.5 Å². The van der Waals surface area contributed by atoms with E-state index in [0.717, 1.165) is 135 Å². The van der Waals surface area contributed by atoms with Gasteiger partial charge in [-0.2, -0.15) is 0 Å². The topological polar surface area (TPSA) is 111 Å². The van der Waals surface area contributed by atoms with Crippen LogP contribution in [0.2, 0.25) is 0 Å². The number of nitrogens with zero attached hydrogens (tertiary/aromatic N) is 1. The zero-order valence-corrected chi connectivity index (χ0v) is 57.0. The van der Waals surface area contributed by atoms with E-state index < -0.39 is 32.5 Å². The summed E-state index contributed by atoms with van der Waals surface area (Å²) in [6.07, 6.45) is 104. The molecule has 0 N–H and O–H groups in total. The molecule has 0 aromatic carbocycles. The number of rotatable bonds is 60. The standard InChI is InChI=1S/C78H124NO8P/c1-6-8-10-12-14-16-18-20-22-24-26-28-30-32-33-34-35-36-37-38-39-40-41-42-43-44-45-47-49-51-53-55-57-59-61-63-65-67-69-71-78(81)87-76(75-86-88(82,83)85-73-72-79(3,4)5)74-84-77(80)70-68-66-64-62-60-58-56-54-52-50-48-46-31-29-27-25-23-21-19-17-15-13-11-9-7-2/h8-11,14-17,20-23,26-29,32-33,35-36,38-39,41-42,44-45,49,51,55,57,61,63,76H,6-7,12-13,18-19,24-25,30-31,34,37,40,43,46-48,50,52-54,56,58-60,62,64-75H2,1-5H3/b10-8-,11-9-,16-14-,17-15-,22-20-,23-21-,28-26-,29-27-,33-32-,36-35-,39-38-,42-41-,45-44-,51-49-,57-55-,63-61-. The van der Waals surface area contributed by atoms with Crippen LogP contribution in [0.15, 0.2) is 194 Å². The van der Waals surface area contributed by atoms with Crippen LogP contribution in [0.4, 0.5) is 0 Å². The minimum atomic E-state index is -4.67. The van der Waals surface area contributed by atoms with Gasteiger partial charge >= 0.3 is 11.9 Å². The van der Waals surface area contributed by atoms with Crippen molar-refractivity contribution in [2.24, 2.45) is 0 Å². The lowest BCUT2D eigenvalue weighted by Gasteiger charge is -2.28. The van der Waals surface area contributed by atoms with E-state index in [0.29, 0.717) is 23.9 Å². The fourth-order valence-electron chi connectivity index (χ4n) is 8.45. The average molecular weight is 1230 g/mol. The Morgan fingerprint density at radius 3 is 0.932 bits per heavy atom. The minimum Gasteiger partial charge on any atom is -0.756 e. The molecule has 2 unspecified atom stereocenters. The molecule has 0 aromatic heterocycles. The molecule has 0 rings (SSSR count). The van der Waals surface area contributed by atoms with Gasteiger partial charge in [-0.3, -0.25) is 14.2 Å². The third kappa shape index (κ3) is 69.9. The first-order chi connectivity index (χ1) is 43.0. The largest absolute Gasteiger partial charge is 0.756 e. The quantitative estimate of drug-likeness (QED) is 0.0195. The van der Waals surface area contributed by atoms with E-state index in [2.05, 4.69) is 208 Å². The first-order valence-electron chi connectivity index (χ1n) is 34.1. The summed E-state index contributed by atoms with van der Waals surface area (Å²) in [5.41, 5.74) is 0. The van der Waals surface area contributed by atoms with E-state index in [1.807, 2.05) is 21.1 Å². The minimum absolute atomic E-state index is 0.0504. The summed E-state index contributed by atoms with van der Waals surface area (Å²) in [6.45, 7) is 3.94. The Bertz CT molecular complexity index is 2190. The van der Waals surface area contributed by atoms with E-state index in [4.69, 9.17) is 18.5 Å². The molecular weight excluding hydrogens is 1110 g/mol. The van der Waals surface area contributed by atoms with Crippen LogP contribution in [0.5, 0.6) is 0 Å². The van der Waals surface area contributed by atoms with Gasteiger partial charge in [-0.05, 0) is 141 Å². The van der Waals surface area contributed by atoms with Gasteiger partial charge < -0.3 is 27.9 Å². The zero-order valence-electron chi connectivity index (χ0n) is 56.1. The molecule has 0 aromatic rings. The number of hydrogen-bond acceptors (Lipinski definition) is 8. The van der Waals surface area contributed by atoms with Crippen molar-refractivity contribution in [1.82, 2.24) is 0 Å². The number of likely N-dealkylation sites (N-methyl/N-ethyl adjacent to an activating group) is 1. The SMILES string of the molecule is CC/C=C\C/C=C\C/C=C\C/C=C\C/C=C\C/C=C\C/C=C\C/C=C\C/C=C\C/C=C\C/C=C\C/C=C\CCCCC(=O)OC(COC(=O)CCCCCCCCCCCCCC/C=C\C/C=C\C/C=C\C/C=C\CC)COP(=O)([O-])OCC[N+](C)(C)C. The summed E-state index contributed by atoms with van der Waals surface area (Å²) in [5.74, 6) is -0.900. The van der Waals surface area contributed by atoms with Gasteiger partial charge in [-0.15, -0.1) is 0 Å². The maximum atomic E-state index is 12.8. The predicted molar refractivity (Wildman–Crippen MR) is 378 cm³/mol. The number of unbranched alkanes of at least 4 members (excludes halogenated alkanes) is 14. The Balaban J connectivity index is 4.24. The number of phosphoric acid groups is 1. The number of hydrogen-bond donors (Lipinski definition) is 0. The monoisotopic (exact) mass is 1230 g/mol. The molecule has 0 aliphatic carbocycles. The van der Waals surface area contributed by atoms with Crippen molar-refractivity contribution in [2.45, 2.75) is 238 Å². The zero-order chi connectivity index (χ0) is 64.1. The molecule has 2 atom stereocenters. The highest BCUT2D eigenvalue weighted by molar-refractivity contribution is 7.45. The Kier molecular flexibility index (Phi) is 62.4. The van der Waals surface area contributed by atoms with Crippen LogP contribution < -0.4 is 4.89 Å². The van der Waals surface area contributed by atoms with E-state index in [1.54, 1.807) is 0 Å². The summed E-state index contributed by atoms with van der Waals surface area (Å²) in [5, 5.41) is 0. The predicted octanol–water partition coefficient (Wildman–Crippen LogP) is 21.9. The number of allylic oxidation sites excluding steroid dienone is 32. The highest BCUT2D eigenvalue weighted by atomic mass is 31.2. The third-order valence-electron chi connectivity index (χ3n) is 13.6. The van der Waals surface area contributed by atoms with E-state index in [-0.39, 0.29) is 26.1 Å². The summed E-state index contributed by atoms with van der Waals surface area (Å²) >= 11 is 0. The first kappa shape index (κ1) is 82.8. The van der Waals surface area contributed by atoms with Crippen molar-refractivity contribution < 1.29 is 42.1 Å². The summed E-state index contributed by atoms with van der Waals surface area (Å²) in [4.78, 5) is 38.0. The fourth-order valence-corrected chi connectivity index (χ4v) is 9.18. The molecule has 9 nitrogen and oxygen atoms in total. The summed E-state index contributed by atoms with van der Waals surface area (Å²) < 4.78 is 34.2. The second-order valence-corrected chi connectivity index (χ2v) is 24.5. The molecule has 0 bridgehead atoms. The number of carbonyl (C=O) groups excluding carboxylic acids is 2. The molecule has 494 valence electrons. The number of esters is 2. The summed E-state index contributed by atoms with van der Waals surface area (Å²) in [7, 11) is 1.11. The molecule has 0 aliphatic rings. The van der Waals surface area contributed by atoms with Gasteiger partial charge in [0, 0.05) is 12.8 Å². The number of phosphoric ester groups is 1. The van der Waals surface area contributed by atoms with Gasteiger partial charge in [0.25, 0.3) is 7.82 Å². The van der Waals surface area contributed by atoms with Crippen LogP contribution in [0.25, 0.3) is 0 Å². The lowest BCUT2D eigenvalue weighted by atomic mass is 10.0. The molecule has 0 spiro atoms. The van der Waals surface area contributed by atoms with Crippen molar-refractivity contribution in [3.63, 3.8) is 0 Å². The van der Waals surface area contributed by atoms with E-state index in [1.165, 1.54) is 57.8 Å². The lowest BCUT2D eigenvalue weighted by molar-refractivity contribution is -0.870. The normalized spacial score (nSPS) is 14.4. The number of ether oxygens (including phenoxy) is 2. The van der Waals surface area contributed by atoms with Gasteiger partial charge in [0.15, 0.2) is 6.10 Å². The molecule has 0 fully saturated rings. The molecule has 0 radical (unpaired) electrons. The van der Waals surface area contributed by atoms with Crippen LogP contribution in [0.3, 0.4) is 0 Å². The molecule has 0 aliphatic heterocycles. The van der Waals surface area contributed by atoms with Gasteiger partial charge in [0.05, 0.1) is 27.7 Å². The molecule has 0 heterocycles. The maximum absolute atomic E-state index is 12.8. The number of carbonyl (C=O) groups is 2. The Labute approximate surface area is 539 Å². The third-order valence-corrected chi connectivity index (χ3v) is 14.6. The van der Waals surface area contributed by atoms with Gasteiger partial charge in [0.1, 0.15) is 19.8 Å². The smallest absolute Gasteiger partial charge is 0.306 e. The molecular formula is C78H124NO8P. The van der Waals surface area contributed by atoms with Crippen LogP contribution in [0, 0.1) is 0 Å². The molecule has 88 heavy (non-hydrogen) atoms. The van der Waals surface area contributed by atoms with Crippen LogP contribution in [-0.2, 0) is 32.7 Å². The van der Waals surface area contributed by atoms with Gasteiger partial charge in [0.2, 0.25) is 0 Å². The average Bonchev–Trinajstić information content (AvgIpc) is 3.68. The van der Waals surface area contributed by atoms with Crippen molar-refractivity contribution in [1.29, 1.82) is 0 Å². The van der Waals surface area contributed by atoms with Crippen molar-refractivity contribution >= 4 is 19.8 Å². The van der Waals surface area contributed by atoms with Crippen LogP contribution in [-0.4, -0.2) is 70.0 Å². The van der Waals surface area contributed by atoms with Crippen LogP contribution in [0.1, 0.15) is 232 Å². The van der Waals surface area contributed by atoms with Gasteiger partial charge in [-0.1, -0.05) is 272 Å².